The zero-order valence-corrected chi connectivity index (χ0v) is 40.7. The van der Waals surface area contributed by atoms with Crippen LogP contribution in [0, 0.1) is 63.6 Å². The highest BCUT2D eigenvalue weighted by atomic mass is 28.4. The predicted molar refractivity (Wildman–Crippen MR) is 241 cm³/mol. The Hall–Kier alpha value is -2.38. The zero-order chi connectivity index (χ0) is 44.3. The first kappa shape index (κ1) is 45.2. The maximum absolute atomic E-state index is 12.6. The fourth-order valence-corrected chi connectivity index (χ4v) is 16.3. The van der Waals surface area contributed by atoms with Crippen molar-refractivity contribution in [2.24, 2.45) is 56.7 Å². The molecule has 1 saturated heterocycles. The molecule has 0 bridgehead atoms. The molecule has 2 aromatic heterocycles. The van der Waals surface area contributed by atoms with Gasteiger partial charge in [-0.3, -0.25) is 14.3 Å². The number of aryl methyl sites for hydroxylation is 1. The number of nitrogens with one attached hydrogen (secondary N) is 1. The summed E-state index contributed by atoms with van der Waals surface area (Å²) in [5, 5.41) is 19.4. The molecule has 5 aliphatic carbocycles. The van der Waals surface area contributed by atoms with Gasteiger partial charge in [0, 0.05) is 24.8 Å². The van der Waals surface area contributed by atoms with Crippen LogP contribution < -0.4 is 11.2 Å². The van der Waals surface area contributed by atoms with Crippen LogP contribution >= 0.6 is 0 Å². The Morgan fingerprint density at radius 1 is 0.984 bits per heavy atom. The molecule has 8 rings (SSSR count). The largest absolute Gasteiger partial charge is 0.416 e. The summed E-state index contributed by atoms with van der Waals surface area (Å²) in [7, 11) is -1.88. The first-order chi connectivity index (χ1) is 28.4. The van der Waals surface area contributed by atoms with E-state index in [1.807, 2.05) is 6.20 Å². The van der Waals surface area contributed by atoms with Gasteiger partial charge in [-0.25, -0.2) is 9.48 Å². The average molecular weight is 862 g/mol. The number of aliphatic hydroxyl groups is 1. The SMILES string of the molecule is C=C(C)[C@@H]1CC[C@]2(CO[Si](C)(C)C(C)(C)C)CC[C@]3(C)[C@H](CC[C@@H]4[C@@]5(C)CC[C@H](OCc6cn([C@H]7C[C@H](n8cc(C)c(=O)[nH]c8=O)O[C@@H]7CO)nn6)C(C)(C)[C@@H]5CC[C@]43C)[C@@H]12. The Balaban J connectivity index is 0.963. The van der Waals surface area contributed by atoms with Gasteiger partial charge < -0.3 is 19.0 Å². The third-order valence-corrected chi connectivity index (χ3v) is 24.4. The van der Waals surface area contributed by atoms with Gasteiger partial charge in [0.2, 0.25) is 0 Å². The van der Waals surface area contributed by atoms with Crippen LogP contribution in [0.25, 0.3) is 0 Å². The topological polar surface area (TPSA) is 133 Å². The van der Waals surface area contributed by atoms with E-state index in [2.05, 4.69) is 97.3 Å². The number of fused-ring (bicyclic) bond motifs is 7. The van der Waals surface area contributed by atoms with Gasteiger partial charge in [-0.1, -0.05) is 72.8 Å². The molecule has 5 saturated carbocycles. The molecule has 340 valence electrons. The van der Waals surface area contributed by atoms with Crippen LogP contribution in [0.1, 0.15) is 156 Å². The number of allylic oxidation sites excluding steroid dienone is 1. The van der Waals surface area contributed by atoms with Gasteiger partial charge >= 0.3 is 5.69 Å². The molecule has 12 heteroatoms. The normalized spacial score (nSPS) is 40.8. The summed E-state index contributed by atoms with van der Waals surface area (Å²) >= 11 is 0. The van der Waals surface area contributed by atoms with Crippen molar-refractivity contribution in [3.8, 4) is 0 Å². The molecule has 0 spiro atoms. The van der Waals surface area contributed by atoms with Crippen LogP contribution in [-0.4, -0.2) is 63.4 Å². The lowest BCUT2D eigenvalue weighted by atomic mass is 9.32. The van der Waals surface area contributed by atoms with Crippen LogP contribution in [-0.2, 0) is 20.5 Å². The number of rotatable bonds is 10. The lowest BCUT2D eigenvalue weighted by molar-refractivity contribution is -0.253. The van der Waals surface area contributed by atoms with Crippen LogP contribution in [0.3, 0.4) is 0 Å². The molecule has 3 heterocycles. The minimum atomic E-state index is -1.88. The van der Waals surface area contributed by atoms with Crippen LogP contribution in [0.5, 0.6) is 0 Å². The predicted octanol–water partition coefficient (Wildman–Crippen LogP) is 9.52. The maximum atomic E-state index is 12.6. The van der Waals surface area contributed by atoms with E-state index < -0.39 is 31.9 Å². The van der Waals surface area contributed by atoms with Gasteiger partial charge in [0.15, 0.2) is 8.32 Å². The Bertz CT molecular complexity index is 2100. The van der Waals surface area contributed by atoms with Crippen molar-refractivity contribution in [3.05, 3.63) is 56.6 Å². The second-order valence-corrected chi connectivity index (χ2v) is 28.8. The highest BCUT2D eigenvalue weighted by Crippen LogP contribution is 2.77. The van der Waals surface area contributed by atoms with Gasteiger partial charge in [0.25, 0.3) is 5.56 Å². The van der Waals surface area contributed by atoms with Crippen LogP contribution in [0.15, 0.2) is 34.1 Å². The van der Waals surface area contributed by atoms with Crippen molar-refractivity contribution in [2.75, 3.05) is 13.2 Å². The van der Waals surface area contributed by atoms with Crippen molar-refractivity contribution in [3.63, 3.8) is 0 Å². The number of aliphatic hydroxyl groups excluding tert-OH is 1. The maximum Gasteiger partial charge on any atom is 0.330 e. The van der Waals surface area contributed by atoms with Crippen molar-refractivity contribution in [1.82, 2.24) is 24.5 Å². The highest BCUT2D eigenvalue weighted by Gasteiger charge is 2.71. The second-order valence-electron chi connectivity index (χ2n) is 24.0. The minimum Gasteiger partial charge on any atom is -0.416 e. The fraction of sp³-hybridized carbons (Fsp3) is 0.837. The summed E-state index contributed by atoms with van der Waals surface area (Å²) in [5.74, 6) is 3.23. The lowest BCUT2D eigenvalue weighted by Crippen LogP contribution is -2.67. The first-order valence-electron chi connectivity index (χ1n) is 23.8. The van der Waals surface area contributed by atoms with Gasteiger partial charge in [-0.15, -0.1) is 5.10 Å². The number of aromatic nitrogens is 5. The van der Waals surface area contributed by atoms with Crippen molar-refractivity contribution in [1.29, 1.82) is 0 Å². The van der Waals surface area contributed by atoms with E-state index in [9.17, 15) is 14.7 Å². The molecule has 0 unspecified atom stereocenters. The minimum absolute atomic E-state index is 0.00206. The van der Waals surface area contributed by atoms with Gasteiger partial charge in [0.05, 0.1) is 31.6 Å². The summed E-state index contributed by atoms with van der Waals surface area (Å²) in [4.78, 5) is 27.0. The molecule has 2 aromatic rings. The van der Waals surface area contributed by atoms with E-state index >= 15 is 0 Å². The van der Waals surface area contributed by atoms with E-state index in [-0.39, 0.29) is 45.5 Å². The molecule has 61 heavy (non-hydrogen) atoms. The summed E-state index contributed by atoms with van der Waals surface area (Å²) in [5.41, 5.74) is 2.72. The monoisotopic (exact) mass is 862 g/mol. The van der Waals surface area contributed by atoms with E-state index in [0.29, 0.717) is 53.6 Å². The summed E-state index contributed by atoms with van der Waals surface area (Å²) < 4.78 is 23.3. The van der Waals surface area contributed by atoms with Gasteiger partial charge in [-0.2, -0.15) is 0 Å². The van der Waals surface area contributed by atoms with Crippen molar-refractivity contribution >= 4 is 8.32 Å². The van der Waals surface area contributed by atoms with Crippen molar-refractivity contribution < 1.29 is 19.0 Å². The van der Waals surface area contributed by atoms with E-state index in [1.165, 1.54) is 74.1 Å². The molecule has 6 fully saturated rings. The van der Waals surface area contributed by atoms with E-state index in [0.717, 1.165) is 18.7 Å². The Labute approximate surface area is 366 Å². The summed E-state index contributed by atoms with van der Waals surface area (Å²) in [6.07, 6.45) is 15.3. The third-order valence-electron chi connectivity index (χ3n) is 19.9. The van der Waals surface area contributed by atoms with Crippen molar-refractivity contribution in [2.45, 2.75) is 189 Å². The van der Waals surface area contributed by atoms with Crippen LogP contribution in [0.4, 0.5) is 0 Å². The molecular weight excluding hydrogens is 783 g/mol. The number of hydrogen-bond donors (Lipinski definition) is 2. The van der Waals surface area contributed by atoms with Crippen LogP contribution in [0.2, 0.25) is 18.1 Å². The van der Waals surface area contributed by atoms with E-state index in [1.54, 1.807) is 11.6 Å². The highest BCUT2D eigenvalue weighted by molar-refractivity contribution is 6.74. The first-order valence-corrected chi connectivity index (χ1v) is 26.7. The number of ether oxygens (including phenoxy) is 2. The van der Waals surface area contributed by atoms with Gasteiger partial charge in [0.1, 0.15) is 18.0 Å². The second kappa shape index (κ2) is 15.4. The summed E-state index contributed by atoms with van der Waals surface area (Å²) in [6, 6.07) is -0.327. The molecule has 0 amide bonds. The Morgan fingerprint density at radius 2 is 1.72 bits per heavy atom. The molecule has 2 N–H and O–H groups in total. The lowest BCUT2D eigenvalue weighted by Gasteiger charge is -2.73. The fourth-order valence-electron chi connectivity index (χ4n) is 15.2. The molecule has 11 nitrogen and oxygen atoms in total. The number of H-pyrrole nitrogens is 1. The number of nitrogens with zero attached hydrogens (tertiary/aromatic N) is 4. The molecule has 0 aromatic carbocycles. The molecule has 0 radical (unpaired) electrons. The molecule has 13 atom stereocenters. The molecular formula is C49H79N5O6Si. The Kier molecular flexibility index (Phi) is 11.4. The standard InChI is InChI=1S/C49H79N5O6Si/c1-30(2)33-16-21-49(29-59-61(12,13)44(4,5)6)23-22-47(10)34(41(33)49)14-15-38-46(9)19-18-39(45(7,8)37(46)17-20-48(38,47)11)58-28-32-26-54(52-51-32)35-24-40(60-36(35)27-55)53-25-31(3)42(56)50-43(53)57/h25-26,33-41,55H,1,14-24,27-29H2,2-13H3,(H,50,56,57)/t33-,34+,35-,36+,37-,38+,39-,40+,41+,46-,47+,48+,49+/m0/s1. The van der Waals surface area contributed by atoms with E-state index in [4.69, 9.17) is 13.9 Å². The molecule has 1 aliphatic heterocycles. The number of aromatic amines is 1. The smallest absolute Gasteiger partial charge is 0.330 e. The average Bonchev–Trinajstić information content (AvgIpc) is 3.92. The van der Waals surface area contributed by atoms with Gasteiger partial charge in [-0.05, 0) is 153 Å². The zero-order valence-electron chi connectivity index (χ0n) is 39.7. The summed E-state index contributed by atoms with van der Waals surface area (Å²) in [6.45, 7) is 34.8. The third kappa shape index (κ3) is 7.08. The quantitative estimate of drug-likeness (QED) is 0.178. The molecule has 6 aliphatic rings. The Morgan fingerprint density at radius 3 is 2.41 bits per heavy atom. The number of hydrogen-bond acceptors (Lipinski definition) is 8.